The topological polar surface area (TPSA) is 98.8 Å². The molecule has 2 N–H and O–H groups in total. The number of nitrogens with zero attached hydrogens (tertiary/aromatic N) is 2. The summed E-state index contributed by atoms with van der Waals surface area (Å²) in [5.74, 6) is -1.84. The van der Waals surface area contributed by atoms with Gasteiger partial charge in [0.05, 0.1) is 11.1 Å². The first-order valence-corrected chi connectivity index (χ1v) is 10.8. The number of hydrogen-bond donors (Lipinski definition) is 2. The van der Waals surface area contributed by atoms with E-state index in [-0.39, 0.29) is 24.3 Å². The molecule has 8 heteroatoms. The van der Waals surface area contributed by atoms with E-state index in [1.54, 1.807) is 6.07 Å². The van der Waals surface area contributed by atoms with E-state index in [2.05, 4.69) is 15.5 Å². The quantitative estimate of drug-likeness (QED) is 0.716. The summed E-state index contributed by atoms with van der Waals surface area (Å²) >= 11 is 0. The number of rotatable bonds is 3. The van der Waals surface area contributed by atoms with Crippen LogP contribution in [-0.2, 0) is 16.1 Å². The van der Waals surface area contributed by atoms with Crippen molar-refractivity contribution in [2.45, 2.75) is 56.7 Å². The van der Waals surface area contributed by atoms with Gasteiger partial charge in [-0.15, -0.1) is 0 Å². The molecule has 0 radical (unpaired) electrons. The first-order chi connectivity index (χ1) is 14.5. The molecule has 3 fully saturated rings. The molecule has 3 heterocycles. The summed E-state index contributed by atoms with van der Waals surface area (Å²) in [7, 11) is 0. The monoisotopic (exact) mass is 410 g/mol. The van der Waals surface area contributed by atoms with Crippen LogP contribution >= 0.6 is 0 Å². The summed E-state index contributed by atoms with van der Waals surface area (Å²) in [5, 5.41) is 5.71. The average Bonchev–Trinajstić information content (AvgIpc) is 2.84. The second-order valence-corrected chi connectivity index (χ2v) is 8.83. The van der Waals surface area contributed by atoms with Crippen LogP contribution in [0.15, 0.2) is 18.2 Å². The summed E-state index contributed by atoms with van der Waals surface area (Å²) in [6.07, 6.45) is 5.11. The number of imide groups is 2. The summed E-state index contributed by atoms with van der Waals surface area (Å²) in [4.78, 5) is 53.1. The highest BCUT2D eigenvalue weighted by atomic mass is 16.2. The molecule has 1 unspecified atom stereocenters. The van der Waals surface area contributed by atoms with Gasteiger partial charge in [-0.2, -0.15) is 0 Å². The Morgan fingerprint density at radius 1 is 1.00 bits per heavy atom. The smallest absolute Gasteiger partial charge is 0.262 e. The molecule has 158 valence electrons. The predicted molar refractivity (Wildman–Crippen MR) is 108 cm³/mol. The molecular weight excluding hydrogens is 384 g/mol. The molecular formula is C22H26N4O4. The lowest BCUT2D eigenvalue weighted by Crippen LogP contribution is -2.54. The van der Waals surface area contributed by atoms with Crippen molar-refractivity contribution in [3.8, 4) is 0 Å². The maximum absolute atomic E-state index is 13.0. The third kappa shape index (κ3) is 3.06. The molecule has 4 amide bonds. The predicted octanol–water partition coefficient (Wildman–Crippen LogP) is 0.806. The van der Waals surface area contributed by atoms with Gasteiger partial charge in [0.25, 0.3) is 11.8 Å². The highest BCUT2D eigenvalue weighted by Gasteiger charge is 2.45. The van der Waals surface area contributed by atoms with Crippen molar-refractivity contribution >= 4 is 23.6 Å². The maximum Gasteiger partial charge on any atom is 0.262 e. The molecule has 3 aliphatic heterocycles. The van der Waals surface area contributed by atoms with Crippen molar-refractivity contribution in [3.63, 3.8) is 0 Å². The summed E-state index contributed by atoms with van der Waals surface area (Å²) in [6, 6.07) is 4.52. The lowest BCUT2D eigenvalue weighted by molar-refractivity contribution is -0.136. The fourth-order valence-electron chi connectivity index (χ4n) is 5.29. The fraction of sp³-hybridized carbons (Fsp3) is 0.545. The van der Waals surface area contributed by atoms with Gasteiger partial charge in [0.1, 0.15) is 6.04 Å². The minimum Gasteiger partial charge on any atom is -0.315 e. The van der Waals surface area contributed by atoms with Crippen LogP contribution in [0.5, 0.6) is 0 Å². The van der Waals surface area contributed by atoms with Crippen LogP contribution in [0.4, 0.5) is 0 Å². The number of benzene rings is 1. The number of fused-ring (bicyclic) bond motifs is 1. The van der Waals surface area contributed by atoms with E-state index in [0.29, 0.717) is 11.1 Å². The molecule has 5 rings (SSSR count). The molecule has 1 aromatic carbocycles. The zero-order valence-corrected chi connectivity index (χ0v) is 16.9. The molecule has 1 atom stereocenters. The lowest BCUT2D eigenvalue weighted by Gasteiger charge is -2.49. The number of amides is 4. The van der Waals surface area contributed by atoms with Gasteiger partial charge in [0, 0.05) is 31.6 Å². The molecule has 30 heavy (non-hydrogen) atoms. The van der Waals surface area contributed by atoms with Crippen LogP contribution in [0, 0.1) is 0 Å². The zero-order chi connectivity index (χ0) is 20.9. The van der Waals surface area contributed by atoms with Crippen molar-refractivity contribution < 1.29 is 19.2 Å². The van der Waals surface area contributed by atoms with Crippen molar-refractivity contribution in [1.29, 1.82) is 0 Å². The van der Waals surface area contributed by atoms with Crippen molar-refractivity contribution in [2.75, 3.05) is 19.6 Å². The molecule has 1 aliphatic carbocycles. The van der Waals surface area contributed by atoms with Crippen LogP contribution < -0.4 is 10.6 Å². The first-order valence-electron chi connectivity index (χ1n) is 10.8. The molecule has 8 nitrogen and oxygen atoms in total. The molecule has 1 aromatic rings. The SMILES string of the molecule is O=C1CCC(N2C(=O)c3ccc(CN4CCNCCC45CCC5)cc3C2=O)C(=O)N1. The second-order valence-electron chi connectivity index (χ2n) is 8.83. The van der Waals surface area contributed by atoms with Crippen LogP contribution in [0.2, 0.25) is 0 Å². The van der Waals surface area contributed by atoms with E-state index in [1.165, 1.54) is 19.3 Å². The molecule has 1 saturated carbocycles. The Hall–Kier alpha value is -2.58. The van der Waals surface area contributed by atoms with E-state index < -0.39 is 23.8 Å². The number of nitrogens with one attached hydrogen (secondary N) is 2. The summed E-state index contributed by atoms with van der Waals surface area (Å²) < 4.78 is 0. The number of hydrogen-bond acceptors (Lipinski definition) is 6. The number of carbonyl (C=O) groups excluding carboxylic acids is 4. The third-order valence-corrected chi connectivity index (χ3v) is 7.16. The van der Waals surface area contributed by atoms with Crippen LogP contribution in [0.3, 0.4) is 0 Å². The Kier molecular flexibility index (Phi) is 4.71. The fourth-order valence-corrected chi connectivity index (χ4v) is 5.29. The van der Waals surface area contributed by atoms with Gasteiger partial charge in [-0.3, -0.25) is 34.3 Å². The molecule has 2 saturated heterocycles. The molecule has 1 spiro atoms. The summed E-state index contributed by atoms with van der Waals surface area (Å²) in [6.45, 7) is 3.70. The van der Waals surface area contributed by atoms with Crippen molar-refractivity contribution in [2.24, 2.45) is 0 Å². The largest absolute Gasteiger partial charge is 0.315 e. The van der Waals surface area contributed by atoms with E-state index in [0.717, 1.165) is 43.1 Å². The Morgan fingerprint density at radius 3 is 2.53 bits per heavy atom. The lowest BCUT2D eigenvalue weighted by atomic mass is 9.73. The van der Waals surface area contributed by atoms with Gasteiger partial charge < -0.3 is 5.32 Å². The van der Waals surface area contributed by atoms with Gasteiger partial charge in [-0.1, -0.05) is 6.07 Å². The van der Waals surface area contributed by atoms with Gasteiger partial charge in [-0.05, 0) is 56.3 Å². The molecule has 0 aromatic heterocycles. The molecule has 4 aliphatic rings. The Bertz CT molecular complexity index is 939. The zero-order valence-electron chi connectivity index (χ0n) is 16.9. The van der Waals surface area contributed by atoms with Crippen LogP contribution in [0.25, 0.3) is 0 Å². The number of piperidine rings is 1. The average molecular weight is 410 g/mol. The van der Waals surface area contributed by atoms with E-state index in [4.69, 9.17) is 0 Å². The highest BCUT2D eigenvalue weighted by Crippen LogP contribution is 2.42. The van der Waals surface area contributed by atoms with Gasteiger partial charge >= 0.3 is 0 Å². The van der Waals surface area contributed by atoms with Crippen LogP contribution in [-0.4, -0.2) is 64.6 Å². The van der Waals surface area contributed by atoms with Gasteiger partial charge in [0.2, 0.25) is 11.8 Å². The van der Waals surface area contributed by atoms with E-state index in [1.807, 2.05) is 12.1 Å². The minimum atomic E-state index is -0.923. The normalized spacial score (nSPS) is 26.4. The Morgan fingerprint density at radius 2 is 1.80 bits per heavy atom. The van der Waals surface area contributed by atoms with Gasteiger partial charge in [-0.25, -0.2) is 0 Å². The number of carbonyl (C=O) groups is 4. The standard InChI is InChI=1S/C22H26N4O4/c27-18-5-4-17(19(28)24-18)26-20(29)15-3-2-14(12-16(15)21(26)30)13-25-11-10-23-9-8-22(25)6-1-7-22/h2-3,12,17,23H,1,4-11,13H2,(H,24,27,28). The van der Waals surface area contributed by atoms with Crippen LogP contribution in [0.1, 0.15) is 64.8 Å². The second kappa shape index (κ2) is 7.28. The van der Waals surface area contributed by atoms with Crippen molar-refractivity contribution in [1.82, 2.24) is 20.4 Å². The minimum absolute atomic E-state index is 0.125. The maximum atomic E-state index is 13.0. The van der Waals surface area contributed by atoms with E-state index >= 15 is 0 Å². The highest BCUT2D eigenvalue weighted by molar-refractivity contribution is 6.23. The molecule has 0 bridgehead atoms. The Labute approximate surface area is 175 Å². The van der Waals surface area contributed by atoms with Gasteiger partial charge in [0.15, 0.2) is 0 Å². The first kappa shape index (κ1) is 19.4. The summed E-state index contributed by atoms with van der Waals surface area (Å²) in [5.41, 5.74) is 1.96. The van der Waals surface area contributed by atoms with Crippen molar-refractivity contribution in [3.05, 3.63) is 34.9 Å². The Balaban J connectivity index is 1.38. The van der Waals surface area contributed by atoms with E-state index in [9.17, 15) is 19.2 Å². The third-order valence-electron chi connectivity index (χ3n) is 7.16.